The Morgan fingerprint density at radius 1 is 1.29 bits per heavy atom. The lowest BCUT2D eigenvalue weighted by molar-refractivity contribution is 0.230. The van der Waals surface area contributed by atoms with Crippen molar-refractivity contribution < 1.29 is 4.79 Å². The molecule has 2 N–H and O–H groups in total. The third-order valence-electron chi connectivity index (χ3n) is 4.09. The molecule has 0 bridgehead atoms. The predicted molar refractivity (Wildman–Crippen MR) is 90.6 cm³/mol. The molecule has 1 aliphatic rings. The van der Waals surface area contributed by atoms with E-state index in [9.17, 15) is 4.79 Å². The lowest BCUT2D eigenvalue weighted by Gasteiger charge is -2.32. The Labute approximate surface area is 141 Å². The number of rotatable bonds is 5. The Morgan fingerprint density at radius 2 is 2.04 bits per heavy atom. The molecule has 2 aromatic rings. The zero-order valence-electron chi connectivity index (χ0n) is 13.8. The number of anilines is 1. The Kier molecular flexibility index (Phi) is 5.25. The van der Waals surface area contributed by atoms with Crippen LogP contribution in [0.5, 0.6) is 0 Å². The van der Waals surface area contributed by atoms with Crippen LogP contribution in [0.1, 0.15) is 19.8 Å². The third kappa shape index (κ3) is 4.43. The summed E-state index contributed by atoms with van der Waals surface area (Å²) < 4.78 is 1.95. The summed E-state index contributed by atoms with van der Waals surface area (Å²) in [6, 6.07) is 1.92. The third-order valence-corrected chi connectivity index (χ3v) is 4.09. The van der Waals surface area contributed by atoms with E-state index in [0.29, 0.717) is 6.54 Å². The van der Waals surface area contributed by atoms with E-state index in [-0.39, 0.29) is 18.1 Å². The molecule has 8 heteroatoms. The zero-order valence-corrected chi connectivity index (χ0v) is 13.8. The van der Waals surface area contributed by atoms with Gasteiger partial charge in [0.05, 0.1) is 6.33 Å². The van der Waals surface area contributed by atoms with Gasteiger partial charge in [0.25, 0.3) is 0 Å². The fraction of sp³-hybridized carbons (Fsp3) is 0.500. The first-order chi connectivity index (χ1) is 11.7. The molecule has 0 spiro atoms. The maximum absolute atomic E-state index is 12.1. The number of piperidine rings is 1. The van der Waals surface area contributed by atoms with Gasteiger partial charge in [0.2, 0.25) is 5.95 Å². The van der Waals surface area contributed by atoms with Crippen LogP contribution >= 0.6 is 0 Å². The quantitative estimate of drug-likeness (QED) is 0.855. The Morgan fingerprint density at radius 3 is 2.71 bits per heavy atom. The fourth-order valence-corrected chi connectivity index (χ4v) is 2.89. The van der Waals surface area contributed by atoms with Crippen molar-refractivity contribution in [3.05, 3.63) is 37.2 Å². The standard InChI is InChI=1S/C16H23N7O/c1-13(11-22-10-7-17-12-22)20-16(24)21-14-3-8-23(9-4-14)15-18-5-2-6-19-15/h2,5-7,10,12-14H,3-4,8-9,11H2,1H3,(H2,20,21,24)/t13-/m1/s1. The van der Waals surface area contributed by atoms with Gasteiger partial charge in [-0.2, -0.15) is 0 Å². The highest BCUT2D eigenvalue weighted by Crippen LogP contribution is 2.15. The van der Waals surface area contributed by atoms with Crippen LogP contribution in [0.4, 0.5) is 10.7 Å². The van der Waals surface area contributed by atoms with Gasteiger partial charge in [0.1, 0.15) is 0 Å². The van der Waals surface area contributed by atoms with Crippen molar-refractivity contribution in [1.82, 2.24) is 30.2 Å². The highest BCUT2D eigenvalue weighted by atomic mass is 16.2. The molecule has 1 saturated heterocycles. The molecular weight excluding hydrogens is 306 g/mol. The van der Waals surface area contributed by atoms with Crippen molar-refractivity contribution >= 4 is 12.0 Å². The molecule has 2 aromatic heterocycles. The van der Waals surface area contributed by atoms with Crippen LogP contribution in [0.3, 0.4) is 0 Å². The van der Waals surface area contributed by atoms with E-state index in [4.69, 9.17) is 0 Å². The molecule has 0 radical (unpaired) electrons. The molecule has 128 valence electrons. The second kappa shape index (κ2) is 7.76. The van der Waals surface area contributed by atoms with Gasteiger partial charge >= 0.3 is 6.03 Å². The van der Waals surface area contributed by atoms with Gasteiger partial charge in [0.15, 0.2) is 0 Å². The van der Waals surface area contributed by atoms with E-state index in [2.05, 4.69) is 30.5 Å². The Hall–Kier alpha value is -2.64. The molecule has 0 saturated carbocycles. The van der Waals surface area contributed by atoms with Crippen molar-refractivity contribution in [2.24, 2.45) is 0 Å². The van der Waals surface area contributed by atoms with Gasteiger partial charge in [-0.3, -0.25) is 0 Å². The summed E-state index contributed by atoms with van der Waals surface area (Å²) >= 11 is 0. The first kappa shape index (κ1) is 16.2. The Balaban J connectivity index is 1.40. The van der Waals surface area contributed by atoms with Gasteiger partial charge in [0, 0.05) is 56.5 Å². The van der Waals surface area contributed by atoms with Gasteiger partial charge in [-0.25, -0.2) is 19.7 Å². The fourth-order valence-electron chi connectivity index (χ4n) is 2.89. The number of hydrogen-bond donors (Lipinski definition) is 2. The summed E-state index contributed by atoms with van der Waals surface area (Å²) in [5.41, 5.74) is 0. The molecule has 3 rings (SSSR count). The summed E-state index contributed by atoms with van der Waals surface area (Å²) in [5, 5.41) is 6.03. The average molecular weight is 329 g/mol. The monoisotopic (exact) mass is 329 g/mol. The van der Waals surface area contributed by atoms with Gasteiger partial charge in [-0.1, -0.05) is 0 Å². The van der Waals surface area contributed by atoms with E-state index in [1.165, 1.54) is 0 Å². The maximum atomic E-state index is 12.1. The van der Waals surface area contributed by atoms with Crippen LogP contribution in [0, 0.1) is 0 Å². The minimum Gasteiger partial charge on any atom is -0.341 e. The minimum absolute atomic E-state index is 0.0389. The van der Waals surface area contributed by atoms with E-state index in [0.717, 1.165) is 31.9 Å². The topological polar surface area (TPSA) is 88.0 Å². The number of nitrogens with zero attached hydrogens (tertiary/aromatic N) is 5. The van der Waals surface area contributed by atoms with Crippen molar-refractivity contribution in [1.29, 1.82) is 0 Å². The maximum Gasteiger partial charge on any atom is 0.315 e. The molecule has 1 atom stereocenters. The number of carbonyl (C=O) groups is 1. The van der Waals surface area contributed by atoms with E-state index in [1.54, 1.807) is 24.9 Å². The molecule has 0 aliphatic carbocycles. The van der Waals surface area contributed by atoms with Crippen LogP contribution < -0.4 is 15.5 Å². The summed E-state index contributed by atoms with van der Waals surface area (Å²) in [6.07, 6.45) is 10.7. The molecule has 3 heterocycles. The number of amides is 2. The van der Waals surface area contributed by atoms with Crippen LogP contribution in [0.2, 0.25) is 0 Å². The average Bonchev–Trinajstić information content (AvgIpc) is 3.09. The van der Waals surface area contributed by atoms with E-state index < -0.39 is 0 Å². The molecule has 24 heavy (non-hydrogen) atoms. The molecule has 1 aliphatic heterocycles. The van der Waals surface area contributed by atoms with Crippen molar-refractivity contribution in [2.45, 2.75) is 38.4 Å². The molecular formula is C16H23N7O. The molecule has 1 fully saturated rings. The summed E-state index contributed by atoms with van der Waals surface area (Å²) in [4.78, 5) is 26.8. The highest BCUT2D eigenvalue weighted by Gasteiger charge is 2.22. The zero-order chi connectivity index (χ0) is 16.8. The van der Waals surface area contributed by atoms with Crippen molar-refractivity contribution in [2.75, 3.05) is 18.0 Å². The number of imidazole rings is 1. The Bertz CT molecular complexity index is 623. The number of carbonyl (C=O) groups excluding carboxylic acids is 1. The summed E-state index contributed by atoms with van der Waals surface area (Å²) in [6.45, 7) is 4.38. The largest absolute Gasteiger partial charge is 0.341 e. The van der Waals surface area contributed by atoms with Crippen LogP contribution in [0.25, 0.3) is 0 Å². The van der Waals surface area contributed by atoms with Gasteiger partial charge < -0.3 is 20.1 Å². The number of nitrogens with one attached hydrogen (secondary N) is 2. The summed E-state index contributed by atoms with van der Waals surface area (Å²) in [7, 11) is 0. The van der Waals surface area contributed by atoms with E-state index >= 15 is 0 Å². The minimum atomic E-state index is -0.114. The lowest BCUT2D eigenvalue weighted by Crippen LogP contribution is -2.50. The lowest BCUT2D eigenvalue weighted by atomic mass is 10.1. The predicted octanol–water partition coefficient (Wildman–Crippen LogP) is 1.03. The smallest absolute Gasteiger partial charge is 0.315 e. The van der Waals surface area contributed by atoms with Gasteiger partial charge in [-0.15, -0.1) is 0 Å². The SMILES string of the molecule is C[C@H](Cn1ccnc1)NC(=O)NC1CCN(c2ncccn2)CC1. The van der Waals surface area contributed by atoms with Gasteiger partial charge in [-0.05, 0) is 25.8 Å². The normalized spacial score (nSPS) is 16.6. The van der Waals surface area contributed by atoms with Crippen LogP contribution in [-0.2, 0) is 6.54 Å². The van der Waals surface area contributed by atoms with E-state index in [1.807, 2.05) is 23.8 Å². The molecule has 2 amide bonds. The first-order valence-corrected chi connectivity index (χ1v) is 8.25. The second-order valence-electron chi connectivity index (χ2n) is 6.09. The molecule has 0 aromatic carbocycles. The van der Waals surface area contributed by atoms with Crippen LogP contribution in [0.15, 0.2) is 37.2 Å². The first-order valence-electron chi connectivity index (χ1n) is 8.25. The van der Waals surface area contributed by atoms with Crippen molar-refractivity contribution in [3.8, 4) is 0 Å². The number of urea groups is 1. The number of hydrogen-bond acceptors (Lipinski definition) is 5. The highest BCUT2D eigenvalue weighted by molar-refractivity contribution is 5.74. The summed E-state index contributed by atoms with van der Waals surface area (Å²) in [5.74, 6) is 0.759. The second-order valence-corrected chi connectivity index (χ2v) is 6.09. The molecule has 0 unspecified atom stereocenters. The number of aromatic nitrogens is 4. The van der Waals surface area contributed by atoms with Crippen molar-refractivity contribution in [3.63, 3.8) is 0 Å². The molecule has 8 nitrogen and oxygen atoms in total. The van der Waals surface area contributed by atoms with Crippen LogP contribution in [-0.4, -0.2) is 50.7 Å².